The van der Waals surface area contributed by atoms with E-state index in [-0.39, 0.29) is 29.9 Å². The lowest BCUT2D eigenvalue weighted by Gasteiger charge is -2.39. The van der Waals surface area contributed by atoms with Crippen LogP contribution in [0.3, 0.4) is 0 Å². The molecule has 1 saturated heterocycles. The van der Waals surface area contributed by atoms with Gasteiger partial charge in [-0.3, -0.25) is 9.69 Å². The molecule has 1 fully saturated rings. The lowest BCUT2D eigenvalue weighted by atomic mass is 9.95. The van der Waals surface area contributed by atoms with Crippen molar-refractivity contribution in [3.63, 3.8) is 0 Å². The molecule has 2 aliphatic rings. The van der Waals surface area contributed by atoms with Crippen molar-refractivity contribution in [3.05, 3.63) is 59.1 Å². The van der Waals surface area contributed by atoms with E-state index in [4.69, 9.17) is 16.3 Å². The summed E-state index contributed by atoms with van der Waals surface area (Å²) in [4.78, 5) is 29.6. The molecule has 0 saturated carbocycles. The van der Waals surface area contributed by atoms with E-state index in [1.54, 1.807) is 23.1 Å². The Labute approximate surface area is 194 Å². The van der Waals surface area contributed by atoms with Crippen molar-refractivity contribution in [1.82, 2.24) is 10.2 Å². The normalized spacial score (nSPS) is 19.7. The number of ether oxygens (including phenoxy) is 1. The van der Waals surface area contributed by atoms with Crippen LogP contribution in [0.15, 0.2) is 48.5 Å². The number of nitrogens with zero attached hydrogens (tertiary/aromatic N) is 2. The molecule has 2 aliphatic heterocycles. The molecule has 0 bridgehead atoms. The Hall–Kier alpha value is -2.73. The Balaban J connectivity index is 1.31. The van der Waals surface area contributed by atoms with Crippen molar-refractivity contribution in [2.75, 3.05) is 31.1 Å². The monoisotopic (exact) mass is 455 g/mol. The maximum Gasteiger partial charge on any atom is 0.324 e. The van der Waals surface area contributed by atoms with Crippen molar-refractivity contribution in [2.45, 2.75) is 38.7 Å². The van der Waals surface area contributed by atoms with Gasteiger partial charge in [-0.1, -0.05) is 48.9 Å². The number of amides is 3. The van der Waals surface area contributed by atoms with Gasteiger partial charge in [-0.15, -0.1) is 0 Å². The highest BCUT2D eigenvalue weighted by atomic mass is 35.5. The van der Waals surface area contributed by atoms with Gasteiger partial charge >= 0.3 is 6.03 Å². The summed E-state index contributed by atoms with van der Waals surface area (Å²) >= 11 is 6.16. The molecule has 2 aromatic carbocycles. The van der Waals surface area contributed by atoms with Crippen LogP contribution in [0.1, 0.15) is 38.2 Å². The van der Waals surface area contributed by atoms with Gasteiger partial charge in [0.1, 0.15) is 11.9 Å². The maximum atomic E-state index is 13.3. The maximum absolute atomic E-state index is 13.3. The Kier molecular flexibility index (Phi) is 6.89. The van der Waals surface area contributed by atoms with Crippen molar-refractivity contribution in [3.8, 4) is 5.75 Å². The molecule has 2 aromatic rings. The topological polar surface area (TPSA) is 61.9 Å². The van der Waals surface area contributed by atoms with E-state index in [0.717, 1.165) is 0 Å². The van der Waals surface area contributed by atoms with Crippen molar-refractivity contribution >= 4 is 29.2 Å². The molecule has 0 spiro atoms. The molecule has 1 N–H and O–H groups in total. The number of hydrogen-bond acceptors (Lipinski definition) is 3. The lowest BCUT2D eigenvalue weighted by Crippen LogP contribution is -2.52. The van der Waals surface area contributed by atoms with Crippen LogP contribution >= 0.6 is 11.6 Å². The zero-order chi connectivity index (χ0) is 22.7. The van der Waals surface area contributed by atoms with E-state index in [1.165, 1.54) is 5.56 Å². The van der Waals surface area contributed by atoms with Gasteiger partial charge in [0.25, 0.3) is 0 Å². The number of nitrogens with one attached hydrogen (secondary N) is 1. The first-order valence-electron chi connectivity index (χ1n) is 11.3. The number of carbonyl (C=O) groups is 2. The Morgan fingerprint density at radius 2 is 1.88 bits per heavy atom. The number of halogens is 1. The number of hydrogen-bond donors (Lipinski definition) is 1. The molecule has 0 unspecified atom stereocenters. The van der Waals surface area contributed by atoms with Crippen molar-refractivity contribution < 1.29 is 14.3 Å². The summed E-state index contributed by atoms with van der Waals surface area (Å²) in [5.41, 5.74) is 1.92. The number of fused-ring (bicyclic) bond motifs is 1. The number of urea groups is 1. The van der Waals surface area contributed by atoms with Gasteiger partial charge in [0, 0.05) is 30.6 Å². The molecular weight excluding hydrogens is 426 g/mol. The van der Waals surface area contributed by atoms with Crippen LogP contribution in [0, 0.1) is 5.92 Å². The van der Waals surface area contributed by atoms with E-state index in [2.05, 4.69) is 24.4 Å². The van der Waals surface area contributed by atoms with E-state index in [0.29, 0.717) is 55.5 Å². The summed E-state index contributed by atoms with van der Waals surface area (Å²) in [6.07, 6.45) is 1.24. The highest BCUT2D eigenvalue weighted by Crippen LogP contribution is 2.36. The van der Waals surface area contributed by atoms with Crippen molar-refractivity contribution in [2.24, 2.45) is 5.92 Å². The fourth-order valence-corrected chi connectivity index (χ4v) is 4.56. The number of likely N-dealkylation sites (tertiary alicyclic amines) is 1. The average Bonchev–Trinajstić information content (AvgIpc) is 2.82. The summed E-state index contributed by atoms with van der Waals surface area (Å²) in [6, 6.07) is 15.5. The molecule has 6 nitrogen and oxygen atoms in total. The molecule has 7 heteroatoms. The van der Waals surface area contributed by atoms with Crippen LogP contribution < -0.4 is 15.0 Å². The zero-order valence-corrected chi connectivity index (χ0v) is 19.3. The summed E-state index contributed by atoms with van der Waals surface area (Å²) < 4.78 is 5.86. The van der Waals surface area contributed by atoms with E-state index >= 15 is 0 Å². The molecule has 0 aliphatic carbocycles. The van der Waals surface area contributed by atoms with Crippen LogP contribution in [0.4, 0.5) is 10.5 Å². The van der Waals surface area contributed by atoms with Gasteiger partial charge in [-0.2, -0.15) is 0 Å². The Morgan fingerprint density at radius 1 is 1.16 bits per heavy atom. The van der Waals surface area contributed by atoms with Gasteiger partial charge < -0.3 is 15.0 Å². The second-order valence-electron chi connectivity index (χ2n) is 8.75. The smallest absolute Gasteiger partial charge is 0.324 e. The standard InChI is InChI=1S/C25H30ClN3O3/c1-17(19-6-4-3-5-7-19)15-27-24(30)20-10-12-28(13-11-20)25(31)29-16-18(2)32-23-9-8-21(26)14-22(23)29/h3-9,14,17-18,20H,10-13,15-16H2,1-2H3,(H,27,30)/t17-,18+/m0/s1. The van der Waals surface area contributed by atoms with Gasteiger partial charge in [-0.25, -0.2) is 4.79 Å². The predicted octanol–water partition coefficient (Wildman–Crippen LogP) is 4.68. The number of benzene rings is 2. The summed E-state index contributed by atoms with van der Waals surface area (Å²) in [5, 5.41) is 3.67. The SMILES string of the molecule is C[C@@H]1CN(C(=O)N2CCC(C(=O)NC[C@H](C)c3ccccc3)CC2)c2cc(Cl)ccc2O1. The van der Waals surface area contributed by atoms with E-state index in [9.17, 15) is 9.59 Å². The number of anilines is 1. The third kappa shape index (κ3) is 5.01. The quantitative estimate of drug-likeness (QED) is 0.728. The molecular formula is C25H30ClN3O3. The Morgan fingerprint density at radius 3 is 2.59 bits per heavy atom. The number of rotatable bonds is 4. The zero-order valence-electron chi connectivity index (χ0n) is 18.6. The first-order chi connectivity index (χ1) is 15.4. The second kappa shape index (κ2) is 9.82. The predicted molar refractivity (Wildman–Crippen MR) is 126 cm³/mol. The first-order valence-corrected chi connectivity index (χ1v) is 11.7. The molecule has 3 amide bonds. The molecule has 4 rings (SSSR count). The first kappa shape index (κ1) is 22.5. The van der Waals surface area contributed by atoms with Crippen LogP contribution in [0.2, 0.25) is 5.02 Å². The fourth-order valence-electron chi connectivity index (χ4n) is 4.39. The van der Waals surface area contributed by atoms with Crippen LogP contribution in [-0.2, 0) is 4.79 Å². The minimum atomic E-state index is -0.0949. The fraction of sp³-hybridized carbons (Fsp3) is 0.440. The highest BCUT2D eigenvalue weighted by Gasteiger charge is 2.34. The lowest BCUT2D eigenvalue weighted by molar-refractivity contribution is -0.126. The summed E-state index contributed by atoms with van der Waals surface area (Å²) in [5.74, 6) is 0.949. The molecule has 170 valence electrons. The minimum absolute atomic E-state index is 0.0553. The average molecular weight is 456 g/mol. The Bertz CT molecular complexity index is 960. The molecule has 0 radical (unpaired) electrons. The largest absolute Gasteiger partial charge is 0.487 e. The van der Waals surface area contributed by atoms with E-state index in [1.807, 2.05) is 30.0 Å². The van der Waals surface area contributed by atoms with Gasteiger partial charge in [-0.05, 0) is 49.4 Å². The third-order valence-electron chi connectivity index (χ3n) is 6.30. The highest BCUT2D eigenvalue weighted by molar-refractivity contribution is 6.31. The summed E-state index contributed by atoms with van der Waals surface area (Å²) in [7, 11) is 0. The number of carbonyl (C=O) groups excluding carboxylic acids is 2. The minimum Gasteiger partial charge on any atom is -0.487 e. The summed E-state index contributed by atoms with van der Waals surface area (Å²) in [6.45, 7) is 6.28. The molecule has 32 heavy (non-hydrogen) atoms. The van der Waals surface area contributed by atoms with Crippen molar-refractivity contribution in [1.29, 1.82) is 0 Å². The third-order valence-corrected chi connectivity index (χ3v) is 6.53. The molecule has 2 atom stereocenters. The van der Waals surface area contributed by atoms with E-state index < -0.39 is 0 Å². The second-order valence-corrected chi connectivity index (χ2v) is 9.19. The van der Waals surface area contributed by atoms with Crippen LogP contribution in [0.25, 0.3) is 0 Å². The van der Waals surface area contributed by atoms with Gasteiger partial charge in [0.2, 0.25) is 5.91 Å². The molecule has 0 aromatic heterocycles. The van der Waals surface area contributed by atoms with Crippen LogP contribution in [0.5, 0.6) is 5.75 Å². The van der Waals surface area contributed by atoms with Gasteiger partial charge in [0.15, 0.2) is 0 Å². The van der Waals surface area contributed by atoms with Crippen LogP contribution in [-0.4, -0.2) is 49.1 Å². The van der Waals surface area contributed by atoms with Gasteiger partial charge in [0.05, 0.1) is 12.2 Å². The molecule has 2 heterocycles. The number of piperidine rings is 1.